The largest absolute Gasteiger partial charge is 0.862 e. The minimum absolute atomic E-state index is 0.0751. The van der Waals surface area contributed by atoms with Gasteiger partial charge in [-0.05, 0) is 25.6 Å². The topological polar surface area (TPSA) is 545 Å². The van der Waals surface area contributed by atoms with E-state index in [1.807, 2.05) is 0 Å². The van der Waals surface area contributed by atoms with E-state index in [2.05, 4.69) is 28.3 Å². The molecule has 4 fully saturated rings. The van der Waals surface area contributed by atoms with E-state index in [9.17, 15) is 91.7 Å². The first-order valence-corrected chi connectivity index (χ1v) is 22.4. The Morgan fingerprint density at radius 3 is 1.52 bits per heavy atom. The molecule has 4 aliphatic rings. The number of aliphatic carboxylic acids is 2. The van der Waals surface area contributed by atoms with Gasteiger partial charge in [-0.2, -0.15) is 16.8 Å². The Balaban J connectivity index is 1.73. The zero-order chi connectivity index (χ0) is 51.7. The molecule has 4 saturated heterocycles. The molecule has 35 nitrogen and oxygen atoms in total. The van der Waals surface area contributed by atoms with Crippen LogP contribution < -0.4 is 16.1 Å². The Morgan fingerprint density at radius 2 is 1.07 bits per heavy atom. The zero-order valence-corrected chi connectivity index (χ0v) is 37.1. The third kappa shape index (κ3) is 15.5. The highest BCUT2D eigenvalue weighted by Crippen LogP contribution is 2.38. The van der Waals surface area contributed by atoms with Gasteiger partial charge < -0.3 is 104 Å². The van der Waals surface area contributed by atoms with Crippen LogP contribution in [0.1, 0.15) is 13.8 Å². The second-order valence-electron chi connectivity index (χ2n) is 14.8. The molecule has 13 N–H and O–H groups in total. The lowest BCUT2D eigenvalue weighted by molar-refractivity contribution is -0.365. The van der Waals surface area contributed by atoms with E-state index in [1.54, 1.807) is 0 Å². The van der Waals surface area contributed by atoms with E-state index in [1.165, 1.54) is 0 Å². The second-order valence-corrected chi connectivity index (χ2v) is 16.9. The van der Waals surface area contributed by atoms with E-state index < -0.39 is 187 Å². The van der Waals surface area contributed by atoms with Crippen molar-refractivity contribution in [2.45, 2.75) is 137 Å². The summed E-state index contributed by atoms with van der Waals surface area (Å²) in [4.78, 5) is 41.2. The SMILES string of the molecule is CC([O-])=N[C@H]1[C@H](O[C@H]2[C@H](O)[C@@H](O)[C@H](O[C@@H]3[C@@H](N=C(C)[O-])[C@H](OC/C=N\OCCON)O[C@H](CO)[C@@H]3OS(=O)(=O)O)O[C@@H]2C(=O)O)O[C@H](CO)[C@H](OS(=O)(=O)O)[C@@H]1O[C@@H]1O[C@H](C(=O)O)[C@@H](O)[C@H](O)[C@H]1O. The van der Waals surface area contributed by atoms with E-state index in [4.69, 9.17) is 48.6 Å². The molecule has 20 atom stereocenters. The fourth-order valence-electron chi connectivity index (χ4n) is 7.13. The lowest BCUT2D eigenvalue weighted by Crippen LogP contribution is -2.68. The van der Waals surface area contributed by atoms with Gasteiger partial charge in [-0.25, -0.2) is 23.9 Å². The first-order chi connectivity index (χ1) is 32.2. The molecule has 0 saturated carbocycles. The highest BCUT2D eigenvalue weighted by atomic mass is 32.3. The average Bonchev–Trinajstić information content (AvgIpc) is 3.24. The molecule has 0 aromatic rings. The van der Waals surface area contributed by atoms with Crippen LogP contribution in [0.5, 0.6) is 0 Å². The van der Waals surface area contributed by atoms with Crippen LogP contribution in [0.3, 0.4) is 0 Å². The third-order valence-corrected chi connectivity index (χ3v) is 10.9. The van der Waals surface area contributed by atoms with Crippen LogP contribution in [0, 0.1) is 0 Å². The lowest BCUT2D eigenvalue weighted by atomic mass is 9.94. The minimum Gasteiger partial charge on any atom is -0.862 e. The number of hydrogen-bond donors (Lipinski definition) is 12. The maximum atomic E-state index is 12.8. The van der Waals surface area contributed by atoms with Crippen LogP contribution in [0.25, 0.3) is 0 Å². The number of aliphatic hydroxyl groups excluding tert-OH is 7. The molecule has 0 radical (unpaired) electrons. The van der Waals surface area contributed by atoms with Gasteiger partial charge >= 0.3 is 32.7 Å². The minimum atomic E-state index is -5.63. The monoisotopic (exact) mass is 1050 g/mol. The predicted molar refractivity (Wildman–Crippen MR) is 206 cm³/mol. The summed E-state index contributed by atoms with van der Waals surface area (Å²) in [7, 11) is -11.2. The molecule has 0 aliphatic carbocycles. The number of aliphatic hydroxyl groups is 7. The number of oxime groups is 1. The van der Waals surface area contributed by atoms with Gasteiger partial charge in [0.25, 0.3) is 0 Å². The molecular formula is C32H50N4O31S2-2. The molecule has 0 aromatic heterocycles. The molecule has 0 amide bonds. The quantitative estimate of drug-likeness (QED) is 0.0149. The highest BCUT2D eigenvalue weighted by Gasteiger charge is 2.59. The van der Waals surface area contributed by atoms with Crippen LogP contribution in [0.2, 0.25) is 0 Å². The molecule has 0 bridgehead atoms. The molecule has 4 rings (SSSR count). The second kappa shape index (κ2) is 25.2. The number of aliphatic imine (C=N–C) groups is 2. The Labute approximate surface area is 388 Å². The highest BCUT2D eigenvalue weighted by molar-refractivity contribution is 7.81. The number of rotatable bonds is 23. The summed E-state index contributed by atoms with van der Waals surface area (Å²) in [5, 5.41) is 123. The number of ether oxygens (including phenoxy) is 8. The van der Waals surface area contributed by atoms with Crippen molar-refractivity contribution in [2.24, 2.45) is 21.0 Å². The Morgan fingerprint density at radius 1 is 0.623 bits per heavy atom. The Kier molecular flexibility index (Phi) is 21.2. The number of hydrogen-bond acceptors (Lipinski definition) is 31. The fraction of sp³-hybridized carbons (Fsp3) is 0.844. The van der Waals surface area contributed by atoms with Crippen molar-refractivity contribution < 1.29 is 148 Å². The van der Waals surface area contributed by atoms with E-state index in [-0.39, 0.29) is 13.2 Å². The smallest absolute Gasteiger partial charge is 0.397 e. The summed E-state index contributed by atoms with van der Waals surface area (Å²) in [6.07, 6.45) is -41.1. The molecule has 0 spiro atoms. The molecule has 0 unspecified atom stereocenters. The molecule has 398 valence electrons. The van der Waals surface area contributed by atoms with E-state index in [0.717, 1.165) is 20.1 Å². The molecule has 4 heterocycles. The van der Waals surface area contributed by atoms with Gasteiger partial charge in [0, 0.05) is 0 Å². The van der Waals surface area contributed by atoms with Crippen LogP contribution in [-0.4, -0.2) is 258 Å². The lowest BCUT2D eigenvalue weighted by Gasteiger charge is -2.49. The van der Waals surface area contributed by atoms with Gasteiger partial charge in [0.1, 0.15) is 98.5 Å². The van der Waals surface area contributed by atoms with Crippen molar-refractivity contribution in [3.63, 3.8) is 0 Å². The van der Waals surface area contributed by atoms with Crippen molar-refractivity contribution in [3.8, 4) is 0 Å². The van der Waals surface area contributed by atoms with E-state index >= 15 is 0 Å². The number of nitrogens with two attached hydrogens (primary N) is 1. The van der Waals surface area contributed by atoms with Crippen LogP contribution in [0.15, 0.2) is 15.1 Å². The predicted octanol–water partition coefficient (Wildman–Crippen LogP) is -10.4. The molecule has 69 heavy (non-hydrogen) atoms. The van der Waals surface area contributed by atoms with Gasteiger partial charge in [-0.3, -0.25) is 19.1 Å². The molecule has 37 heteroatoms. The summed E-state index contributed by atoms with van der Waals surface area (Å²) >= 11 is 0. The maximum absolute atomic E-state index is 12.8. The van der Waals surface area contributed by atoms with Gasteiger partial charge in [0.15, 0.2) is 37.4 Å². The fourth-order valence-corrected chi connectivity index (χ4v) is 8.16. The normalized spacial score (nSPS) is 39.6. The third-order valence-electron chi connectivity index (χ3n) is 9.97. The molecule has 4 aliphatic heterocycles. The number of carboxylic acids is 2. The summed E-state index contributed by atoms with van der Waals surface area (Å²) in [5.41, 5.74) is 0. The van der Waals surface area contributed by atoms with Crippen molar-refractivity contribution >= 4 is 50.7 Å². The Bertz CT molecular complexity index is 2010. The first kappa shape index (κ1) is 58.0. The van der Waals surface area contributed by atoms with Gasteiger partial charge in [-0.15, -0.1) is 0 Å². The molecule has 0 aromatic carbocycles. The average molecular weight is 1050 g/mol. The number of carbonyl (C=O) groups is 2. The standard InChI is InChI=1S/C32H52N4O31S2/c1-9(39)35-13-22(20(66-68(50,51)52)11(7-37)59-29(13)56-4-3-34-58-6-5-57-33)61-32-19(45)17(43)24(26(65-32)28(48)49)63-30-14(36-10(2)40)23(21(12(8-38)60-30)67-69(53,54)55)62-31-18(44)15(41)16(42)25(64-31)27(46)47/h3,11-26,29-32,37-38,41-45H,4-8,33H2,1-2H3,(H,35,39)(H,36,40)(H,46,47)(H,48,49)(H,50,51,52)(H,53,54,55)/p-2/b34-3-/t11-,12-,13-,14-,15+,16+,17-,18-,19-,20+,21+,22-,23-,24+,25+,26+,29-,30+,31-,32-/m1/s1. The van der Waals surface area contributed by atoms with Crippen LogP contribution in [-0.2, 0) is 86.3 Å². The van der Waals surface area contributed by atoms with Gasteiger partial charge in [0.05, 0.1) is 26.0 Å². The van der Waals surface area contributed by atoms with Gasteiger partial charge in [0.2, 0.25) is 0 Å². The molecular weight excluding hydrogens is 1000 g/mol. The summed E-state index contributed by atoms with van der Waals surface area (Å²) in [5.74, 6) is -1.36. The van der Waals surface area contributed by atoms with Crippen molar-refractivity contribution in [1.82, 2.24) is 0 Å². The van der Waals surface area contributed by atoms with Gasteiger partial charge in [-0.1, -0.05) is 5.16 Å². The zero-order valence-electron chi connectivity index (χ0n) is 35.5. The first-order valence-electron chi connectivity index (χ1n) is 19.7. The maximum Gasteiger partial charge on any atom is 0.397 e. The van der Waals surface area contributed by atoms with Crippen LogP contribution >= 0.6 is 0 Å². The van der Waals surface area contributed by atoms with Crippen molar-refractivity contribution in [1.29, 1.82) is 0 Å². The van der Waals surface area contributed by atoms with Crippen LogP contribution in [0.4, 0.5) is 0 Å². The summed E-state index contributed by atoms with van der Waals surface area (Å²) < 4.78 is 121. The Hall–Kier alpha value is -3.59. The number of nitrogens with zero attached hydrogens (tertiary/aromatic N) is 3. The summed E-state index contributed by atoms with van der Waals surface area (Å²) in [6.45, 7) is -1.59. The van der Waals surface area contributed by atoms with Crippen molar-refractivity contribution in [3.05, 3.63) is 0 Å². The number of carboxylic acid groups (broad SMARTS) is 2. The van der Waals surface area contributed by atoms with E-state index in [0.29, 0.717) is 0 Å². The van der Waals surface area contributed by atoms with Crippen molar-refractivity contribution in [2.75, 3.05) is 33.0 Å². The summed E-state index contributed by atoms with van der Waals surface area (Å²) in [6, 6.07) is -4.22.